The summed E-state index contributed by atoms with van der Waals surface area (Å²) in [5.41, 5.74) is 2.57. The minimum absolute atomic E-state index is 0.0525. The standard InChI is InChI=1S/C23H21N3O3/c1-25-14-23(29-22(25)28)11-12-26(15-23)21(27)18-13-20(16-7-3-2-4-8-16)24-19-10-6-5-9-17(18)19/h2-10,13H,11-12,14-15H2,1H3. The molecule has 1 aromatic heterocycles. The molecule has 0 N–H and O–H groups in total. The summed E-state index contributed by atoms with van der Waals surface area (Å²) in [5.74, 6) is -0.0525. The van der Waals surface area contributed by atoms with Crippen LogP contribution in [-0.4, -0.2) is 59.1 Å². The van der Waals surface area contributed by atoms with Gasteiger partial charge in [-0.05, 0) is 12.1 Å². The van der Waals surface area contributed by atoms with Crippen molar-refractivity contribution in [1.29, 1.82) is 0 Å². The molecule has 2 aromatic carbocycles. The van der Waals surface area contributed by atoms with Crippen LogP contribution in [0, 0.1) is 0 Å². The second kappa shape index (κ2) is 6.58. The number of fused-ring (bicyclic) bond motifs is 1. The van der Waals surface area contributed by atoms with Crippen LogP contribution in [0.15, 0.2) is 60.7 Å². The molecule has 2 amide bonds. The zero-order chi connectivity index (χ0) is 20.0. The molecule has 2 aliphatic heterocycles. The highest BCUT2D eigenvalue weighted by atomic mass is 16.6. The molecule has 5 rings (SSSR count). The van der Waals surface area contributed by atoms with E-state index in [1.165, 1.54) is 0 Å². The van der Waals surface area contributed by atoms with Crippen molar-refractivity contribution in [2.75, 3.05) is 26.7 Å². The highest BCUT2D eigenvalue weighted by molar-refractivity contribution is 6.07. The molecule has 1 unspecified atom stereocenters. The summed E-state index contributed by atoms with van der Waals surface area (Å²) in [7, 11) is 1.73. The van der Waals surface area contributed by atoms with E-state index in [-0.39, 0.29) is 12.0 Å². The maximum absolute atomic E-state index is 13.5. The lowest BCUT2D eigenvalue weighted by molar-refractivity contribution is 0.0554. The van der Waals surface area contributed by atoms with Crippen LogP contribution in [-0.2, 0) is 4.74 Å². The topological polar surface area (TPSA) is 62.7 Å². The number of carbonyl (C=O) groups is 2. The van der Waals surface area contributed by atoms with E-state index in [2.05, 4.69) is 0 Å². The number of pyridine rings is 1. The molecule has 2 aliphatic rings. The van der Waals surface area contributed by atoms with Gasteiger partial charge in [0.05, 0.1) is 29.9 Å². The number of para-hydroxylation sites is 1. The van der Waals surface area contributed by atoms with Crippen LogP contribution in [0.2, 0.25) is 0 Å². The summed E-state index contributed by atoms with van der Waals surface area (Å²) in [6.45, 7) is 1.50. The Kier molecular flexibility index (Phi) is 4.01. The van der Waals surface area contributed by atoms with Gasteiger partial charge in [-0.15, -0.1) is 0 Å². The van der Waals surface area contributed by atoms with Crippen LogP contribution >= 0.6 is 0 Å². The first-order valence-corrected chi connectivity index (χ1v) is 9.73. The molecule has 2 saturated heterocycles. The summed E-state index contributed by atoms with van der Waals surface area (Å²) >= 11 is 0. The van der Waals surface area contributed by atoms with Gasteiger partial charge in [0.1, 0.15) is 0 Å². The number of hydrogen-bond donors (Lipinski definition) is 0. The maximum Gasteiger partial charge on any atom is 0.410 e. The van der Waals surface area contributed by atoms with E-state index >= 15 is 0 Å². The summed E-state index contributed by atoms with van der Waals surface area (Å²) < 4.78 is 5.60. The maximum atomic E-state index is 13.5. The van der Waals surface area contributed by atoms with Crippen molar-refractivity contribution in [2.45, 2.75) is 12.0 Å². The zero-order valence-corrected chi connectivity index (χ0v) is 16.2. The number of aromatic nitrogens is 1. The third kappa shape index (κ3) is 3.01. The molecule has 0 radical (unpaired) electrons. The van der Waals surface area contributed by atoms with Crippen LogP contribution in [0.5, 0.6) is 0 Å². The fourth-order valence-electron chi connectivity index (χ4n) is 4.30. The highest BCUT2D eigenvalue weighted by Crippen LogP contribution is 2.34. The molecule has 3 heterocycles. The fourth-order valence-corrected chi connectivity index (χ4v) is 4.30. The van der Waals surface area contributed by atoms with Gasteiger partial charge >= 0.3 is 6.09 Å². The predicted molar refractivity (Wildman–Crippen MR) is 110 cm³/mol. The van der Waals surface area contributed by atoms with Crippen molar-refractivity contribution in [3.8, 4) is 11.3 Å². The molecule has 0 saturated carbocycles. The first-order chi connectivity index (χ1) is 14.0. The number of carbonyl (C=O) groups excluding carboxylic acids is 2. The van der Waals surface area contributed by atoms with E-state index in [1.54, 1.807) is 16.8 Å². The van der Waals surface area contributed by atoms with Gasteiger partial charge in [0.2, 0.25) is 0 Å². The molecule has 6 heteroatoms. The normalized spacial score (nSPS) is 21.2. The lowest BCUT2D eigenvalue weighted by Gasteiger charge is -2.22. The summed E-state index contributed by atoms with van der Waals surface area (Å²) in [6, 6.07) is 19.4. The van der Waals surface area contributed by atoms with Crippen molar-refractivity contribution >= 4 is 22.9 Å². The average Bonchev–Trinajstić information content (AvgIpc) is 3.28. The number of nitrogens with zero attached hydrogens (tertiary/aromatic N) is 3. The number of benzene rings is 2. The summed E-state index contributed by atoms with van der Waals surface area (Å²) in [6.07, 6.45) is 0.337. The first kappa shape index (κ1) is 17.7. The third-order valence-corrected chi connectivity index (χ3v) is 5.76. The van der Waals surface area contributed by atoms with Crippen molar-refractivity contribution in [2.24, 2.45) is 0 Å². The van der Waals surface area contributed by atoms with Gasteiger partial charge in [-0.25, -0.2) is 9.78 Å². The third-order valence-electron chi connectivity index (χ3n) is 5.76. The Morgan fingerprint density at radius 2 is 1.83 bits per heavy atom. The van der Waals surface area contributed by atoms with Gasteiger partial charge in [0.15, 0.2) is 5.60 Å². The number of likely N-dealkylation sites (N-methyl/N-ethyl adjacent to an activating group) is 1. The van der Waals surface area contributed by atoms with Crippen molar-refractivity contribution < 1.29 is 14.3 Å². The molecule has 6 nitrogen and oxygen atoms in total. The Labute approximate surface area is 168 Å². The second-order valence-corrected chi connectivity index (χ2v) is 7.82. The molecule has 1 spiro atoms. The lowest BCUT2D eigenvalue weighted by atomic mass is 10.0. The highest BCUT2D eigenvalue weighted by Gasteiger charge is 2.49. The first-order valence-electron chi connectivity index (χ1n) is 9.73. The minimum atomic E-state index is -0.591. The molecular weight excluding hydrogens is 366 g/mol. The molecule has 0 aliphatic carbocycles. The Morgan fingerprint density at radius 1 is 1.07 bits per heavy atom. The van der Waals surface area contributed by atoms with Gasteiger partial charge in [0.25, 0.3) is 5.91 Å². The van der Waals surface area contributed by atoms with Gasteiger partial charge in [-0.3, -0.25) is 4.79 Å². The number of likely N-dealkylation sites (tertiary alicyclic amines) is 1. The van der Waals surface area contributed by atoms with Crippen molar-refractivity contribution in [3.05, 3.63) is 66.2 Å². The van der Waals surface area contributed by atoms with Gasteiger partial charge in [-0.1, -0.05) is 48.5 Å². The number of ether oxygens (including phenoxy) is 1. The Morgan fingerprint density at radius 3 is 2.59 bits per heavy atom. The smallest absolute Gasteiger partial charge is 0.410 e. The Bertz CT molecular complexity index is 1110. The molecule has 0 bridgehead atoms. The molecule has 1 atom stereocenters. The van der Waals surface area contributed by atoms with Gasteiger partial charge in [-0.2, -0.15) is 0 Å². The SMILES string of the molecule is CN1CC2(CCN(C(=O)c3cc(-c4ccccc4)nc4ccccc34)C2)OC1=O. The van der Waals surface area contributed by atoms with Crippen LogP contribution in [0.3, 0.4) is 0 Å². The molecule has 146 valence electrons. The van der Waals surface area contributed by atoms with E-state index in [9.17, 15) is 9.59 Å². The number of hydrogen-bond acceptors (Lipinski definition) is 4. The monoisotopic (exact) mass is 387 g/mol. The van der Waals surface area contributed by atoms with Gasteiger partial charge < -0.3 is 14.5 Å². The van der Waals surface area contributed by atoms with E-state index in [0.29, 0.717) is 31.6 Å². The zero-order valence-electron chi connectivity index (χ0n) is 16.2. The summed E-state index contributed by atoms with van der Waals surface area (Å²) in [4.78, 5) is 33.5. The lowest BCUT2D eigenvalue weighted by Crippen LogP contribution is -2.39. The Balaban J connectivity index is 1.53. The van der Waals surface area contributed by atoms with Crippen LogP contribution in [0.4, 0.5) is 4.79 Å². The van der Waals surface area contributed by atoms with Crippen molar-refractivity contribution in [1.82, 2.24) is 14.8 Å². The molecular formula is C23H21N3O3. The van der Waals surface area contributed by atoms with Crippen LogP contribution in [0.1, 0.15) is 16.8 Å². The molecule has 29 heavy (non-hydrogen) atoms. The summed E-state index contributed by atoms with van der Waals surface area (Å²) in [5, 5.41) is 0.832. The quantitative estimate of drug-likeness (QED) is 0.674. The molecule has 3 aromatic rings. The predicted octanol–water partition coefficient (Wildman–Crippen LogP) is 3.57. The van der Waals surface area contributed by atoms with E-state index < -0.39 is 5.60 Å². The minimum Gasteiger partial charge on any atom is -0.439 e. The van der Waals surface area contributed by atoms with Crippen molar-refractivity contribution in [3.63, 3.8) is 0 Å². The van der Waals surface area contributed by atoms with E-state index in [0.717, 1.165) is 22.2 Å². The van der Waals surface area contributed by atoms with Crippen LogP contribution < -0.4 is 0 Å². The fraction of sp³-hybridized carbons (Fsp3) is 0.261. The number of rotatable bonds is 2. The van der Waals surface area contributed by atoms with E-state index in [4.69, 9.17) is 9.72 Å². The molecule has 2 fully saturated rings. The van der Waals surface area contributed by atoms with E-state index in [1.807, 2.05) is 60.7 Å². The second-order valence-electron chi connectivity index (χ2n) is 7.82. The number of amides is 2. The van der Waals surface area contributed by atoms with Crippen LogP contribution in [0.25, 0.3) is 22.2 Å². The Hall–Kier alpha value is -3.41. The largest absolute Gasteiger partial charge is 0.439 e. The average molecular weight is 387 g/mol. The van der Waals surface area contributed by atoms with Gasteiger partial charge in [0, 0.05) is 31.0 Å².